The smallest absolute Gasteiger partial charge is 0.283 e. The van der Waals surface area contributed by atoms with Gasteiger partial charge in [-0.1, -0.05) is 6.08 Å². The number of halogens is 3. The number of nitrogens with zero attached hydrogens (tertiary/aromatic N) is 2. The van der Waals surface area contributed by atoms with Gasteiger partial charge >= 0.3 is 0 Å². The minimum Gasteiger partial charge on any atom is -0.461 e. The van der Waals surface area contributed by atoms with Crippen LogP contribution in [0.15, 0.2) is 47.1 Å². The van der Waals surface area contributed by atoms with E-state index in [1.807, 2.05) is 6.08 Å². The second-order valence-electron chi connectivity index (χ2n) is 6.85. The molecular weight excluding hydrogens is 385 g/mol. The van der Waals surface area contributed by atoms with E-state index in [4.69, 9.17) is 10.5 Å². The molecule has 0 saturated heterocycles. The van der Waals surface area contributed by atoms with Crippen LogP contribution in [-0.4, -0.2) is 23.5 Å². The number of carbonyl (C=O) groups is 1. The molecule has 150 valence electrons. The molecule has 0 saturated carbocycles. The largest absolute Gasteiger partial charge is 0.461 e. The van der Waals surface area contributed by atoms with Crippen LogP contribution in [0.3, 0.4) is 0 Å². The molecule has 1 atom stereocenters. The minimum atomic E-state index is -1.09. The quantitative estimate of drug-likeness (QED) is 0.770. The fraction of sp³-hybridized carbons (Fsp3) is 0.250. The van der Waals surface area contributed by atoms with E-state index in [0.29, 0.717) is 12.5 Å². The number of hydrogen-bond donors (Lipinski definition) is 2. The average Bonchev–Trinajstić information content (AvgIpc) is 2.69. The Balaban J connectivity index is 1.71. The van der Waals surface area contributed by atoms with E-state index in [1.54, 1.807) is 0 Å². The fourth-order valence-corrected chi connectivity index (χ4v) is 3.70. The number of aliphatic imine (C=N–C) groups is 1. The highest BCUT2D eigenvalue weighted by Crippen LogP contribution is 2.45. The van der Waals surface area contributed by atoms with Gasteiger partial charge in [-0.05, 0) is 43.0 Å². The minimum absolute atomic E-state index is 0.0320. The Morgan fingerprint density at radius 2 is 2.03 bits per heavy atom. The maximum absolute atomic E-state index is 14.8. The Morgan fingerprint density at radius 1 is 1.21 bits per heavy atom. The third-order valence-electron chi connectivity index (χ3n) is 5.03. The molecule has 2 aliphatic rings. The molecule has 4 rings (SSSR count). The molecule has 0 spiro atoms. The van der Waals surface area contributed by atoms with E-state index in [2.05, 4.69) is 15.3 Å². The van der Waals surface area contributed by atoms with Crippen LogP contribution in [-0.2, 0) is 10.3 Å². The zero-order chi connectivity index (χ0) is 20.6. The molecule has 3 N–H and O–H groups in total. The van der Waals surface area contributed by atoms with E-state index in [0.717, 1.165) is 24.6 Å². The second kappa shape index (κ2) is 7.23. The summed E-state index contributed by atoms with van der Waals surface area (Å²) in [6.45, 7) is 0.204. The number of nitrogens with two attached hydrogens (primary N) is 1. The van der Waals surface area contributed by atoms with E-state index >= 15 is 0 Å². The van der Waals surface area contributed by atoms with Crippen LogP contribution in [0.4, 0.5) is 18.9 Å². The van der Waals surface area contributed by atoms with Gasteiger partial charge in [0.05, 0.1) is 6.20 Å². The second-order valence-corrected chi connectivity index (χ2v) is 6.85. The summed E-state index contributed by atoms with van der Waals surface area (Å²) in [5, 5.41) is 2.47. The first-order valence-corrected chi connectivity index (χ1v) is 8.99. The van der Waals surface area contributed by atoms with Crippen LogP contribution < -0.4 is 11.1 Å². The number of benzene rings is 1. The Labute approximate surface area is 164 Å². The number of amides is 1. The lowest BCUT2D eigenvalue weighted by atomic mass is 9.75. The van der Waals surface area contributed by atoms with Gasteiger partial charge in [-0.15, -0.1) is 0 Å². The van der Waals surface area contributed by atoms with Crippen LogP contribution in [0.1, 0.15) is 35.3 Å². The average molecular weight is 402 g/mol. The molecule has 6 nitrogen and oxygen atoms in total. The van der Waals surface area contributed by atoms with E-state index in [9.17, 15) is 18.0 Å². The predicted molar refractivity (Wildman–Crippen MR) is 99.7 cm³/mol. The highest BCUT2D eigenvalue weighted by Gasteiger charge is 2.42. The molecule has 2 heterocycles. The molecule has 2 aromatic rings. The third kappa shape index (κ3) is 3.43. The van der Waals surface area contributed by atoms with Crippen molar-refractivity contribution < 1.29 is 22.7 Å². The number of aromatic nitrogens is 1. The molecule has 1 amide bonds. The van der Waals surface area contributed by atoms with Crippen molar-refractivity contribution in [2.75, 3.05) is 11.9 Å². The van der Waals surface area contributed by atoms with Gasteiger partial charge in [-0.25, -0.2) is 23.1 Å². The van der Waals surface area contributed by atoms with Gasteiger partial charge in [0.25, 0.3) is 11.9 Å². The lowest BCUT2D eigenvalue weighted by Crippen LogP contribution is -2.40. The zero-order valence-electron chi connectivity index (χ0n) is 15.2. The van der Waals surface area contributed by atoms with E-state index in [1.165, 1.54) is 18.2 Å². The molecule has 1 aliphatic carbocycles. The number of ether oxygens (including phenoxy) is 1. The van der Waals surface area contributed by atoms with E-state index in [-0.39, 0.29) is 23.9 Å². The predicted octanol–water partition coefficient (Wildman–Crippen LogP) is 3.40. The van der Waals surface area contributed by atoms with Crippen LogP contribution in [0.25, 0.3) is 0 Å². The first-order valence-electron chi connectivity index (χ1n) is 8.99. The van der Waals surface area contributed by atoms with Gasteiger partial charge in [0.15, 0.2) is 11.5 Å². The van der Waals surface area contributed by atoms with Crippen molar-refractivity contribution in [2.24, 2.45) is 10.7 Å². The number of anilines is 1. The van der Waals surface area contributed by atoms with Gasteiger partial charge in [0, 0.05) is 17.3 Å². The molecule has 1 aromatic heterocycles. The van der Waals surface area contributed by atoms with Crippen molar-refractivity contribution in [1.82, 2.24) is 4.98 Å². The number of fused-ring (bicyclic) bond motifs is 1. The molecule has 0 radical (unpaired) electrons. The topological polar surface area (TPSA) is 89.6 Å². The molecule has 9 heteroatoms. The summed E-state index contributed by atoms with van der Waals surface area (Å²) in [7, 11) is 0. The lowest BCUT2D eigenvalue weighted by molar-refractivity contribution is 0.101. The molecule has 0 unspecified atom stereocenters. The standard InChI is InChI=1S/C20H17F3N4O2/c21-12-7-16(23)17(25-9-12)18(28)26-13-4-5-15(22)14(8-13)20-6-2-1-3-11(20)10-29-19(24)27-20/h3-5,7-9H,1-2,6,10H2,(H2,24,27)(H,26,28)/t20-/m0/s1. The highest BCUT2D eigenvalue weighted by molar-refractivity contribution is 6.03. The number of allylic oxidation sites excluding steroid dienone is 1. The van der Waals surface area contributed by atoms with Crippen LogP contribution in [0, 0.1) is 17.5 Å². The number of nitrogens with one attached hydrogen (secondary N) is 1. The summed E-state index contributed by atoms with van der Waals surface area (Å²) in [4.78, 5) is 20.2. The molecule has 0 bridgehead atoms. The monoisotopic (exact) mass is 402 g/mol. The Bertz CT molecular complexity index is 1050. The number of carbonyl (C=O) groups excluding carboxylic acids is 1. The highest BCUT2D eigenvalue weighted by atomic mass is 19.1. The third-order valence-corrected chi connectivity index (χ3v) is 5.03. The van der Waals surface area contributed by atoms with Gasteiger partial charge < -0.3 is 15.8 Å². The lowest BCUT2D eigenvalue weighted by Gasteiger charge is -2.39. The van der Waals surface area contributed by atoms with Crippen LogP contribution >= 0.6 is 0 Å². The number of amidine groups is 1. The zero-order valence-corrected chi connectivity index (χ0v) is 15.2. The Kier molecular flexibility index (Phi) is 4.73. The van der Waals surface area contributed by atoms with Gasteiger partial charge in [0.2, 0.25) is 0 Å². The summed E-state index contributed by atoms with van der Waals surface area (Å²) in [5.74, 6) is -3.39. The van der Waals surface area contributed by atoms with Crippen molar-refractivity contribution in [3.63, 3.8) is 0 Å². The summed E-state index contributed by atoms with van der Waals surface area (Å²) in [6, 6.07) is 4.51. The molecule has 1 aliphatic heterocycles. The summed E-state index contributed by atoms with van der Waals surface area (Å²) < 4.78 is 46.9. The normalized spacial score (nSPS) is 20.8. The van der Waals surface area contributed by atoms with Gasteiger partial charge in [-0.3, -0.25) is 4.79 Å². The van der Waals surface area contributed by atoms with E-state index < -0.39 is 34.6 Å². The summed E-state index contributed by atoms with van der Waals surface area (Å²) in [6.07, 6.45) is 4.84. The number of hydrogen-bond acceptors (Lipinski definition) is 5. The van der Waals surface area contributed by atoms with Crippen molar-refractivity contribution in [3.8, 4) is 0 Å². The summed E-state index contributed by atoms with van der Waals surface area (Å²) in [5.41, 5.74) is 5.44. The summed E-state index contributed by atoms with van der Waals surface area (Å²) >= 11 is 0. The molecule has 29 heavy (non-hydrogen) atoms. The van der Waals surface area contributed by atoms with Crippen molar-refractivity contribution in [1.29, 1.82) is 0 Å². The maximum atomic E-state index is 14.8. The van der Waals surface area contributed by atoms with Crippen LogP contribution in [0.2, 0.25) is 0 Å². The van der Waals surface area contributed by atoms with Gasteiger partial charge in [0.1, 0.15) is 23.8 Å². The maximum Gasteiger partial charge on any atom is 0.283 e. The van der Waals surface area contributed by atoms with Gasteiger partial charge in [-0.2, -0.15) is 0 Å². The molecule has 1 aromatic carbocycles. The number of pyridine rings is 1. The first-order chi connectivity index (χ1) is 13.9. The SMILES string of the molecule is NC1=N[C@@]2(c3cc(NC(=O)c4ncc(F)cc4F)ccc3F)CCCC=C2CO1. The van der Waals surface area contributed by atoms with Crippen molar-refractivity contribution in [3.05, 3.63) is 70.8 Å². The van der Waals surface area contributed by atoms with Crippen molar-refractivity contribution >= 4 is 17.6 Å². The Morgan fingerprint density at radius 3 is 2.83 bits per heavy atom. The van der Waals surface area contributed by atoms with Crippen molar-refractivity contribution in [2.45, 2.75) is 24.8 Å². The first kappa shape index (κ1) is 19.0. The van der Waals surface area contributed by atoms with Crippen LogP contribution in [0.5, 0.6) is 0 Å². The number of rotatable bonds is 3. The molecule has 0 fully saturated rings. The Hall–Kier alpha value is -3.36. The fourth-order valence-electron chi connectivity index (χ4n) is 3.70. The molecular formula is C20H17F3N4O2.